The molecule has 2 aliphatic rings. The van der Waals surface area contributed by atoms with Gasteiger partial charge >= 0.3 is 6.09 Å². The minimum Gasteiger partial charge on any atom is -0.444 e. The van der Waals surface area contributed by atoms with Gasteiger partial charge in [-0.15, -0.1) is 0 Å². The number of carbonyl (C=O) groups excluding carboxylic acids is 2. The van der Waals surface area contributed by atoms with Crippen LogP contribution in [0.4, 0.5) is 20.6 Å². The van der Waals surface area contributed by atoms with Gasteiger partial charge in [-0.05, 0) is 30.2 Å². The number of rotatable bonds is 7. The Bertz CT molecular complexity index is 948. The molecule has 2 aliphatic heterocycles. The Morgan fingerprint density at radius 1 is 1.12 bits per heavy atom. The van der Waals surface area contributed by atoms with Crippen LogP contribution in [-0.2, 0) is 20.9 Å². The fourth-order valence-electron chi connectivity index (χ4n) is 3.98. The molecule has 7 nitrogen and oxygen atoms in total. The van der Waals surface area contributed by atoms with Crippen LogP contribution in [0.25, 0.3) is 0 Å². The summed E-state index contributed by atoms with van der Waals surface area (Å²) in [5, 5.41) is 0. The zero-order valence-corrected chi connectivity index (χ0v) is 18.2. The Morgan fingerprint density at radius 3 is 2.53 bits per heavy atom. The van der Waals surface area contributed by atoms with Gasteiger partial charge in [-0.25, -0.2) is 9.18 Å². The SMILES string of the molecule is CCC1CN(c2ccc(N3CCN(C(=O)COCc4ccccc4)CC3)c(F)c2)C(=O)O1. The highest BCUT2D eigenvalue weighted by Crippen LogP contribution is 2.29. The van der Waals surface area contributed by atoms with E-state index in [4.69, 9.17) is 9.47 Å². The summed E-state index contributed by atoms with van der Waals surface area (Å²) in [6, 6.07) is 14.5. The van der Waals surface area contributed by atoms with Crippen molar-refractivity contribution in [1.82, 2.24) is 4.90 Å². The molecule has 2 saturated heterocycles. The second-order valence-corrected chi connectivity index (χ2v) is 8.01. The minimum atomic E-state index is -0.439. The maximum absolute atomic E-state index is 14.9. The molecule has 1 atom stereocenters. The molecule has 0 radical (unpaired) electrons. The fourth-order valence-corrected chi connectivity index (χ4v) is 3.98. The smallest absolute Gasteiger partial charge is 0.414 e. The van der Waals surface area contributed by atoms with E-state index in [2.05, 4.69) is 0 Å². The van der Waals surface area contributed by atoms with Crippen molar-refractivity contribution in [3.8, 4) is 0 Å². The second kappa shape index (κ2) is 9.99. The molecule has 1 unspecified atom stereocenters. The number of nitrogens with zero attached hydrogens (tertiary/aromatic N) is 3. The lowest BCUT2D eigenvalue weighted by Gasteiger charge is -2.36. The summed E-state index contributed by atoms with van der Waals surface area (Å²) in [7, 11) is 0. The second-order valence-electron chi connectivity index (χ2n) is 8.01. The van der Waals surface area contributed by atoms with E-state index >= 15 is 0 Å². The number of carbonyl (C=O) groups is 2. The number of piperazine rings is 1. The van der Waals surface area contributed by atoms with E-state index < -0.39 is 6.09 Å². The first-order chi connectivity index (χ1) is 15.5. The Labute approximate surface area is 187 Å². The van der Waals surface area contributed by atoms with Gasteiger partial charge in [0.05, 0.1) is 24.5 Å². The molecular formula is C24H28FN3O4. The van der Waals surface area contributed by atoms with Gasteiger partial charge < -0.3 is 19.3 Å². The highest BCUT2D eigenvalue weighted by molar-refractivity contribution is 5.90. The molecule has 2 aromatic rings. The normalized spacial score (nSPS) is 18.8. The number of cyclic esters (lactones) is 1. The number of ether oxygens (including phenoxy) is 2. The summed E-state index contributed by atoms with van der Waals surface area (Å²) in [6.07, 6.45) is 0.126. The van der Waals surface area contributed by atoms with E-state index in [1.165, 1.54) is 11.0 Å². The van der Waals surface area contributed by atoms with Gasteiger partial charge in [0.15, 0.2) is 0 Å². The third-order valence-corrected chi connectivity index (χ3v) is 5.88. The summed E-state index contributed by atoms with van der Waals surface area (Å²) in [5.74, 6) is -0.448. The molecule has 2 amide bonds. The van der Waals surface area contributed by atoms with E-state index in [1.807, 2.05) is 42.2 Å². The number of anilines is 2. The molecular weight excluding hydrogens is 413 g/mol. The van der Waals surface area contributed by atoms with Crippen LogP contribution < -0.4 is 9.80 Å². The third kappa shape index (κ3) is 5.02. The molecule has 0 N–H and O–H groups in total. The first kappa shape index (κ1) is 22.1. The van der Waals surface area contributed by atoms with Gasteiger partial charge in [-0.1, -0.05) is 37.3 Å². The molecule has 0 spiro atoms. The Kier molecular flexibility index (Phi) is 6.90. The van der Waals surface area contributed by atoms with Crippen molar-refractivity contribution < 1.29 is 23.5 Å². The molecule has 2 aromatic carbocycles. The Hall–Kier alpha value is -3.13. The van der Waals surface area contributed by atoms with Crippen molar-refractivity contribution in [2.24, 2.45) is 0 Å². The largest absolute Gasteiger partial charge is 0.444 e. The summed E-state index contributed by atoms with van der Waals surface area (Å²) >= 11 is 0. The van der Waals surface area contributed by atoms with E-state index in [0.29, 0.717) is 50.7 Å². The standard InChI is InChI=1S/C24H28FN3O4/c1-2-20-15-28(24(30)32-20)19-8-9-22(21(25)14-19)26-10-12-27(13-11-26)23(29)17-31-16-18-6-4-3-5-7-18/h3-9,14,20H,2,10-13,15-17H2,1H3. The minimum absolute atomic E-state index is 0.0304. The van der Waals surface area contributed by atoms with Crippen LogP contribution in [0.1, 0.15) is 18.9 Å². The summed E-state index contributed by atoms with van der Waals surface area (Å²) in [4.78, 5) is 29.6. The van der Waals surface area contributed by atoms with Crippen LogP contribution in [-0.4, -0.2) is 62.3 Å². The lowest BCUT2D eigenvalue weighted by atomic mass is 10.2. The molecule has 170 valence electrons. The lowest BCUT2D eigenvalue weighted by Crippen LogP contribution is -2.50. The van der Waals surface area contributed by atoms with Gasteiger partial charge in [0.1, 0.15) is 18.5 Å². The quantitative estimate of drug-likeness (QED) is 0.659. The average molecular weight is 442 g/mol. The molecule has 4 rings (SSSR count). The molecule has 0 aromatic heterocycles. The zero-order chi connectivity index (χ0) is 22.5. The van der Waals surface area contributed by atoms with Crippen LogP contribution in [0, 0.1) is 5.82 Å². The Balaban J connectivity index is 1.28. The molecule has 0 saturated carbocycles. The molecule has 2 fully saturated rings. The fraction of sp³-hybridized carbons (Fsp3) is 0.417. The lowest BCUT2D eigenvalue weighted by molar-refractivity contribution is -0.136. The van der Waals surface area contributed by atoms with E-state index in [9.17, 15) is 14.0 Å². The molecule has 32 heavy (non-hydrogen) atoms. The van der Waals surface area contributed by atoms with Crippen molar-refractivity contribution >= 4 is 23.4 Å². The maximum Gasteiger partial charge on any atom is 0.414 e. The number of hydrogen-bond acceptors (Lipinski definition) is 5. The van der Waals surface area contributed by atoms with E-state index in [-0.39, 0.29) is 24.4 Å². The van der Waals surface area contributed by atoms with Crippen molar-refractivity contribution in [2.45, 2.75) is 26.1 Å². The number of halogens is 1. The first-order valence-corrected chi connectivity index (χ1v) is 11.0. The predicted molar refractivity (Wildman–Crippen MR) is 119 cm³/mol. The van der Waals surface area contributed by atoms with E-state index in [1.54, 1.807) is 17.0 Å². The topological polar surface area (TPSA) is 62.3 Å². The molecule has 2 heterocycles. The third-order valence-electron chi connectivity index (χ3n) is 5.88. The van der Waals surface area contributed by atoms with Crippen LogP contribution in [0.3, 0.4) is 0 Å². The molecule has 0 aliphatic carbocycles. The van der Waals surface area contributed by atoms with Gasteiger partial charge in [0.2, 0.25) is 5.91 Å². The maximum atomic E-state index is 14.9. The zero-order valence-electron chi connectivity index (χ0n) is 18.2. The number of amides is 2. The highest BCUT2D eigenvalue weighted by Gasteiger charge is 2.32. The number of benzene rings is 2. The average Bonchev–Trinajstić information content (AvgIpc) is 3.20. The highest BCUT2D eigenvalue weighted by atomic mass is 19.1. The monoisotopic (exact) mass is 441 g/mol. The van der Waals surface area contributed by atoms with Crippen LogP contribution in [0.5, 0.6) is 0 Å². The first-order valence-electron chi connectivity index (χ1n) is 11.0. The van der Waals surface area contributed by atoms with Crippen LogP contribution in [0.15, 0.2) is 48.5 Å². The summed E-state index contributed by atoms with van der Waals surface area (Å²) < 4.78 is 25.7. The molecule has 8 heteroatoms. The van der Waals surface area contributed by atoms with Crippen molar-refractivity contribution in [1.29, 1.82) is 0 Å². The number of hydrogen-bond donors (Lipinski definition) is 0. The van der Waals surface area contributed by atoms with Gasteiger partial charge in [0, 0.05) is 26.2 Å². The van der Waals surface area contributed by atoms with Gasteiger partial charge in [-0.2, -0.15) is 0 Å². The van der Waals surface area contributed by atoms with Gasteiger partial charge in [0.25, 0.3) is 0 Å². The van der Waals surface area contributed by atoms with E-state index in [0.717, 1.165) is 12.0 Å². The summed E-state index contributed by atoms with van der Waals surface area (Å²) in [6.45, 7) is 4.88. The van der Waals surface area contributed by atoms with Crippen molar-refractivity contribution in [3.63, 3.8) is 0 Å². The van der Waals surface area contributed by atoms with Crippen molar-refractivity contribution in [2.75, 3.05) is 49.1 Å². The molecule has 0 bridgehead atoms. The Morgan fingerprint density at radius 2 is 1.88 bits per heavy atom. The van der Waals surface area contributed by atoms with Crippen LogP contribution >= 0.6 is 0 Å². The van der Waals surface area contributed by atoms with Gasteiger partial charge in [-0.3, -0.25) is 9.69 Å². The summed E-state index contributed by atoms with van der Waals surface area (Å²) in [5.41, 5.74) is 1.99. The van der Waals surface area contributed by atoms with Crippen molar-refractivity contribution in [3.05, 3.63) is 59.9 Å². The van der Waals surface area contributed by atoms with Crippen LogP contribution in [0.2, 0.25) is 0 Å². The predicted octanol–water partition coefficient (Wildman–Crippen LogP) is 3.43.